The Morgan fingerprint density at radius 1 is 1.33 bits per heavy atom. The van der Waals surface area contributed by atoms with Crippen molar-refractivity contribution < 1.29 is 18.3 Å². The fraction of sp³-hybridized carbons (Fsp3) is 0.250. The average Bonchev–Trinajstić information content (AvgIpc) is 2.35. The van der Waals surface area contributed by atoms with Crippen LogP contribution >= 0.6 is 0 Å². The van der Waals surface area contributed by atoms with Crippen LogP contribution in [0.5, 0.6) is 0 Å². The molecule has 0 fully saturated rings. The number of aromatic carboxylic acids is 1. The van der Waals surface area contributed by atoms with Gasteiger partial charge in [0.15, 0.2) is 0 Å². The highest BCUT2D eigenvalue weighted by molar-refractivity contribution is 7.89. The van der Waals surface area contributed by atoms with Crippen molar-refractivity contribution in [1.82, 2.24) is 4.72 Å². The van der Waals surface area contributed by atoms with Gasteiger partial charge in [0.2, 0.25) is 10.0 Å². The summed E-state index contributed by atoms with van der Waals surface area (Å²) < 4.78 is 26.0. The van der Waals surface area contributed by atoms with Crippen LogP contribution in [0.4, 0.5) is 0 Å². The van der Waals surface area contributed by atoms with Crippen LogP contribution in [0.2, 0.25) is 0 Å². The van der Waals surface area contributed by atoms with E-state index in [1.54, 1.807) is 0 Å². The number of hydrogen-bond acceptors (Lipinski definition) is 3. The van der Waals surface area contributed by atoms with Gasteiger partial charge in [0.25, 0.3) is 0 Å². The van der Waals surface area contributed by atoms with E-state index in [2.05, 4.69) is 4.72 Å². The number of rotatable bonds is 6. The summed E-state index contributed by atoms with van der Waals surface area (Å²) in [4.78, 5) is 10.7. The highest BCUT2D eigenvalue weighted by Gasteiger charge is 2.13. The molecule has 0 aromatic heterocycles. The lowest BCUT2D eigenvalue weighted by Gasteiger charge is -2.05. The van der Waals surface area contributed by atoms with Gasteiger partial charge in [0.1, 0.15) is 0 Å². The molecule has 0 amide bonds. The van der Waals surface area contributed by atoms with Crippen LogP contribution in [0.3, 0.4) is 0 Å². The molecule has 0 unspecified atom stereocenters. The predicted molar refractivity (Wildman–Crippen MR) is 68.0 cm³/mol. The number of carboxylic acids is 1. The summed E-state index contributed by atoms with van der Waals surface area (Å²) in [7, 11) is -3.56. The van der Waals surface area contributed by atoms with Gasteiger partial charge in [-0.1, -0.05) is 12.2 Å². The van der Waals surface area contributed by atoms with Crippen molar-refractivity contribution in [1.29, 1.82) is 0 Å². The van der Waals surface area contributed by atoms with E-state index >= 15 is 0 Å². The molecule has 0 bridgehead atoms. The standard InChI is InChI=1S/C12H15NO4S/c1-2-3-4-9-13-18(16,17)11-7-5-10(6-8-11)12(14)15/h2-3,5-8,13H,4,9H2,1H3,(H,14,15)/b3-2+. The first-order chi connectivity index (χ1) is 8.47. The topological polar surface area (TPSA) is 83.5 Å². The molecule has 0 aliphatic rings. The number of benzene rings is 1. The Labute approximate surface area is 106 Å². The van der Waals surface area contributed by atoms with Crippen molar-refractivity contribution in [2.45, 2.75) is 18.2 Å². The van der Waals surface area contributed by atoms with Crippen LogP contribution in [-0.2, 0) is 10.0 Å². The van der Waals surface area contributed by atoms with Gasteiger partial charge in [-0.3, -0.25) is 0 Å². The molecule has 0 radical (unpaired) electrons. The summed E-state index contributed by atoms with van der Waals surface area (Å²) in [6.45, 7) is 2.17. The predicted octanol–water partition coefficient (Wildman–Crippen LogP) is 1.63. The number of allylic oxidation sites excluding steroid dienone is 1. The fourth-order valence-electron chi connectivity index (χ4n) is 1.30. The lowest BCUT2D eigenvalue weighted by molar-refractivity contribution is 0.0696. The van der Waals surface area contributed by atoms with Gasteiger partial charge in [-0.05, 0) is 37.6 Å². The molecule has 5 nitrogen and oxygen atoms in total. The van der Waals surface area contributed by atoms with Crippen LogP contribution in [0.1, 0.15) is 23.7 Å². The SMILES string of the molecule is C/C=C/CCNS(=O)(=O)c1ccc(C(=O)O)cc1. The zero-order valence-electron chi connectivity index (χ0n) is 9.96. The molecule has 1 rings (SSSR count). The average molecular weight is 269 g/mol. The van der Waals surface area contributed by atoms with Gasteiger partial charge in [0, 0.05) is 6.54 Å². The monoisotopic (exact) mass is 269 g/mol. The van der Waals surface area contributed by atoms with E-state index in [0.29, 0.717) is 13.0 Å². The fourth-order valence-corrected chi connectivity index (χ4v) is 2.35. The van der Waals surface area contributed by atoms with Crippen LogP contribution in [0.15, 0.2) is 41.3 Å². The third-order valence-electron chi connectivity index (χ3n) is 2.25. The molecule has 0 aliphatic carbocycles. The third-order valence-corrected chi connectivity index (χ3v) is 3.73. The van der Waals surface area contributed by atoms with Crippen LogP contribution in [0.25, 0.3) is 0 Å². The molecule has 0 heterocycles. The number of carboxylic acid groups (broad SMARTS) is 1. The molecule has 0 aliphatic heterocycles. The van der Waals surface area contributed by atoms with E-state index in [4.69, 9.17) is 5.11 Å². The van der Waals surface area contributed by atoms with Crippen molar-refractivity contribution in [2.24, 2.45) is 0 Å². The molecule has 1 aromatic carbocycles. The summed E-state index contributed by atoms with van der Waals surface area (Å²) >= 11 is 0. The molecular formula is C12H15NO4S. The minimum atomic E-state index is -3.56. The summed E-state index contributed by atoms with van der Waals surface area (Å²) in [6, 6.07) is 5.09. The second-order valence-electron chi connectivity index (χ2n) is 3.59. The lowest BCUT2D eigenvalue weighted by Crippen LogP contribution is -2.24. The summed E-state index contributed by atoms with van der Waals surface area (Å²) in [5.74, 6) is -1.08. The largest absolute Gasteiger partial charge is 0.478 e. The number of sulfonamides is 1. The summed E-state index contributed by atoms with van der Waals surface area (Å²) in [5.41, 5.74) is 0.0582. The van der Waals surface area contributed by atoms with Crippen LogP contribution < -0.4 is 4.72 Å². The maximum absolute atomic E-state index is 11.8. The van der Waals surface area contributed by atoms with E-state index in [1.165, 1.54) is 24.3 Å². The Morgan fingerprint density at radius 3 is 2.44 bits per heavy atom. The third kappa shape index (κ3) is 3.97. The normalized spacial score (nSPS) is 11.8. The number of hydrogen-bond donors (Lipinski definition) is 2. The summed E-state index contributed by atoms with van der Waals surface area (Å²) in [5, 5.41) is 8.71. The number of carbonyl (C=O) groups is 1. The van der Waals surface area contributed by atoms with Gasteiger partial charge >= 0.3 is 5.97 Å². The van der Waals surface area contributed by atoms with Crippen molar-refractivity contribution in [3.63, 3.8) is 0 Å². The molecule has 2 N–H and O–H groups in total. The Kier molecular flexibility index (Phi) is 5.06. The highest BCUT2D eigenvalue weighted by Crippen LogP contribution is 2.10. The molecule has 0 spiro atoms. The Morgan fingerprint density at radius 2 is 1.94 bits per heavy atom. The van der Waals surface area contributed by atoms with Crippen molar-refractivity contribution in [3.8, 4) is 0 Å². The van der Waals surface area contributed by atoms with Gasteiger partial charge in [0.05, 0.1) is 10.5 Å². The Balaban J connectivity index is 2.76. The quantitative estimate of drug-likeness (QED) is 0.607. The maximum Gasteiger partial charge on any atom is 0.335 e. The van der Waals surface area contributed by atoms with Gasteiger partial charge < -0.3 is 5.11 Å². The van der Waals surface area contributed by atoms with E-state index < -0.39 is 16.0 Å². The Hall–Kier alpha value is -1.66. The van der Waals surface area contributed by atoms with E-state index in [0.717, 1.165) is 0 Å². The Bertz CT molecular complexity index is 532. The van der Waals surface area contributed by atoms with Gasteiger partial charge in [-0.2, -0.15) is 0 Å². The van der Waals surface area contributed by atoms with Crippen LogP contribution in [0, 0.1) is 0 Å². The summed E-state index contributed by atoms with van der Waals surface area (Å²) in [6.07, 6.45) is 4.31. The minimum Gasteiger partial charge on any atom is -0.478 e. The van der Waals surface area contributed by atoms with E-state index in [1.807, 2.05) is 19.1 Å². The molecule has 0 saturated carbocycles. The highest BCUT2D eigenvalue weighted by atomic mass is 32.2. The second-order valence-corrected chi connectivity index (χ2v) is 5.35. The first kappa shape index (κ1) is 14.4. The van der Waals surface area contributed by atoms with Crippen molar-refractivity contribution in [2.75, 3.05) is 6.54 Å². The van der Waals surface area contributed by atoms with E-state index in [-0.39, 0.29) is 10.5 Å². The molecular weight excluding hydrogens is 254 g/mol. The lowest BCUT2D eigenvalue weighted by atomic mass is 10.2. The van der Waals surface area contributed by atoms with Gasteiger partial charge in [-0.25, -0.2) is 17.9 Å². The van der Waals surface area contributed by atoms with E-state index in [9.17, 15) is 13.2 Å². The number of nitrogens with one attached hydrogen (secondary N) is 1. The molecule has 0 atom stereocenters. The zero-order valence-corrected chi connectivity index (χ0v) is 10.8. The first-order valence-electron chi connectivity index (χ1n) is 5.41. The molecule has 18 heavy (non-hydrogen) atoms. The molecule has 0 saturated heterocycles. The van der Waals surface area contributed by atoms with Gasteiger partial charge in [-0.15, -0.1) is 0 Å². The van der Waals surface area contributed by atoms with Crippen molar-refractivity contribution >= 4 is 16.0 Å². The molecule has 98 valence electrons. The first-order valence-corrected chi connectivity index (χ1v) is 6.90. The zero-order chi connectivity index (χ0) is 13.6. The van der Waals surface area contributed by atoms with Crippen LogP contribution in [-0.4, -0.2) is 26.0 Å². The minimum absolute atomic E-state index is 0.0582. The molecule has 6 heteroatoms. The smallest absolute Gasteiger partial charge is 0.335 e. The second kappa shape index (κ2) is 6.32. The maximum atomic E-state index is 11.8. The van der Waals surface area contributed by atoms with Crippen molar-refractivity contribution in [3.05, 3.63) is 42.0 Å². The molecule has 1 aromatic rings.